The molecule has 0 unspecified atom stereocenters. The average molecular weight is 488 g/mol. The van der Waals surface area contributed by atoms with E-state index in [1.54, 1.807) is 25.3 Å². The quantitative estimate of drug-likeness (QED) is 0.396. The van der Waals surface area contributed by atoms with E-state index < -0.39 is 5.82 Å². The van der Waals surface area contributed by atoms with Crippen LogP contribution in [0.2, 0.25) is 0 Å². The van der Waals surface area contributed by atoms with E-state index in [1.807, 2.05) is 6.92 Å². The number of carbonyl (C=O) groups is 1. The van der Waals surface area contributed by atoms with Crippen molar-refractivity contribution in [1.82, 2.24) is 9.55 Å². The molecule has 3 aromatic rings. The Morgan fingerprint density at radius 1 is 1.24 bits per heavy atom. The first-order valence-corrected chi connectivity index (χ1v) is 12.0. The highest BCUT2D eigenvalue weighted by atomic mass is 32.2. The molecule has 0 aliphatic carbocycles. The van der Waals surface area contributed by atoms with Gasteiger partial charge in [-0.05, 0) is 36.4 Å². The summed E-state index contributed by atoms with van der Waals surface area (Å²) in [6.07, 6.45) is 0.683. The number of thioether (sulfide) groups is 2. The molecule has 0 saturated heterocycles. The third kappa shape index (κ3) is 5.01. The Hall–Kier alpha value is -2.98. The van der Waals surface area contributed by atoms with E-state index in [2.05, 4.69) is 10.3 Å². The van der Waals surface area contributed by atoms with E-state index in [0.29, 0.717) is 39.3 Å². The van der Waals surface area contributed by atoms with E-state index in [1.165, 1.54) is 47.7 Å². The van der Waals surface area contributed by atoms with Crippen LogP contribution in [0.4, 0.5) is 10.1 Å². The number of halogens is 1. The second-order valence-corrected chi connectivity index (χ2v) is 9.71. The lowest BCUT2D eigenvalue weighted by Crippen LogP contribution is -2.24. The van der Waals surface area contributed by atoms with Gasteiger partial charge in [-0.15, -0.1) is 11.8 Å². The standard InChI is InChI=1S/C23H22FN3O4S2/c1-13-10-18-21(33-13)22(29)27(15-6-4-14(24)5-7-15)23(26-18)32-12-20(28)25-17-9-8-16(30-2)11-19(17)31-3/h4-9,11,13H,10,12H2,1-3H3,(H,25,28)/t13-/m0/s1. The fourth-order valence-corrected chi connectivity index (χ4v) is 5.36. The maximum Gasteiger partial charge on any atom is 0.272 e. The Morgan fingerprint density at radius 2 is 2.00 bits per heavy atom. The van der Waals surface area contributed by atoms with Gasteiger partial charge in [0.15, 0.2) is 5.16 Å². The predicted octanol–water partition coefficient (Wildman–Crippen LogP) is 4.16. The Balaban J connectivity index is 1.60. The molecule has 1 aliphatic heterocycles. The molecule has 2 heterocycles. The SMILES string of the molecule is COc1ccc(NC(=O)CSc2nc3c(c(=O)n2-c2ccc(F)cc2)S[C@@H](C)C3)c(OC)c1. The zero-order chi connectivity index (χ0) is 23.5. The first kappa shape index (κ1) is 23.2. The van der Waals surface area contributed by atoms with Crippen molar-refractivity contribution in [3.8, 4) is 17.2 Å². The molecule has 0 radical (unpaired) electrons. The summed E-state index contributed by atoms with van der Waals surface area (Å²) in [5.74, 6) is 0.414. The van der Waals surface area contributed by atoms with Gasteiger partial charge in [0, 0.05) is 17.7 Å². The molecule has 0 bridgehead atoms. The number of methoxy groups -OCH3 is 2. The minimum atomic E-state index is -0.397. The zero-order valence-corrected chi connectivity index (χ0v) is 19.9. The molecule has 0 saturated carbocycles. The van der Waals surface area contributed by atoms with Crippen molar-refractivity contribution in [2.24, 2.45) is 0 Å². The smallest absolute Gasteiger partial charge is 0.272 e. The largest absolute Gasteiger partial charge is 0.497 e. The monoisotopic (exact) mass is 487 g/mol. The number of hydrogen-bond acceptors (Lipinski definition) is 7. The predicted molar refractivity (Wildman–Crippen MR) is 128 cm³/mol. The molecular weight excluding hydrogens is 465 g/mol. The van der Waals surface area contributed by atoms with Gasteiger partial charge in [0.2, 0.25) is 5.91 Å². The molecule has 33 heavy (non-hydrogen) atoms. The van der Waals surface area contributed by atoms with Crippen LogP contribution in [0, 0.1) is 5.82 Å². The average Bonchev–Trinajstić information content (AvgIpc) is 3.19. The summed E-state index contributed by atoms with van der Waals surface area (Å²) in [5.41, 5.74) is 1.53. The number of rotatable bonds is 7. The van der Waals surface area contributed by atoms with Gasteiger partial charge < -0.3 is 14.8 Å². The number of aromatic nitrogens is 2. The van der Waals surface area contributed by atoms with Crippen molar-refractivity contribution < 1.29 is 18.7 Å². The Morgan fingerprint density at radius 3 is 2.70 bits per heavy atom. The van der Waals surface area contributed by atoms with Crippen LogP contribution in [-0.2, 0) is 11.2 Å². The van der Waals surface area contributed by atoms with Gasteiger partial charge >= 0.3 is 0 Å². The van der Waals surface area contributed by atoms with Crippen LogP contribution in [0.3, 0.4) is 0 Å². The topological polar surface area (TPSA) is 82.5 Å². The van der Waals surface area contributed by atoms with Gasteiger partial charge in [0.05, 0.1) is 41.9 Å². The van der Waals surface area contributed by atoms with Gasteiger partial charge in [-0.3, -0.25) is 14.2 Å². The third-order valence-corrected chi connectivity index (χ3v) is 7.13. The Kier molecular flexibility index (Phi) is 6.94. The fraction of sp³-hybridized carbons (Fsp3) is 0.261. The lowest BCUT2D eigenvalue weighted by Gasteiger charge is -2.14. The molecule has 10 heteroatoms. The number of nitrogens with zero attached hydrogens (tertiary/aromatic N) is 2. The van der Waals surface area contributed by atoms with Crippen molar-refractivity contribution in [3.63, 3.8) is 0 Å². The van der Waals surface area contributed by atoms with Crippen LogP contribution in [-0.4, -0.2) is 40.7 Å². The first-order chi connectivity index (χ1) is 15.9. The van der Waals surface area contributed by atoms with Crippen molar-refractivity contribution in [2.75, 3.05) is 25.3 Å². The van der Waals surface area contributed by atoms with Crippen molar-refractivity contribution in [3.05, 3.63) is 64.3 Å². The highest BCUT2D eigenvalue weighted by Gasteiger charge is 2.27. The molecule has 1 N–H and O–H groups in total. The molecule has 1 amide bonds. The van der Waals surface area contributed by atoms with Gasteiger partial charge in [-0.25, -0.2) is 9.37 Å². The Bertz CT molecular complexity index is 1250. The lowest BCUT2D eigenvalue weighted by molar-refractivity contribution is -0.113. The molecule has 172 valence electrons. The second-order valence-electron chi connectivity index (χ2n) is 7.32. The molecule has 4 rings (SSSR count). The molecule has 1 atom stereocenters. The third-order valence-electron chi connectivity index (χ3n) is 4.98. The van der Waals surface area contributed by atoms with Gasteiger partial charge in [0.1, 0.15) is 17.3 Å². The molecule has 0 spiro atoms. The van der Waals surface area contributed by atoms with Gasteiger partial charge in [-0.1, -0.05) is 18.7 Å². The normalized spacial score (nSPS) is 14.6. The summed E-state index contributed by atoms with van der Waals surface area (Å²) < 4.78 is 25.4. The fourth-order valence-electron chi connectivity index (χ4n) is 3.43. The highest BCUT2D eigenvalue weighted by Crippen LogP contribution is 2.35. The summed E-state index contributed by atoms with van der Waals surface area (Å²) in [5, 5.41) is 3.44. The minimum absolute atomic E-state index is 0.0182. The van der Waals surface area contributed by atoms with Gasteiger partial charge in [0.25, 0.3) is 5.56 Å². The maximum atomic E-state index is 13.5. The molecule has 0 fully saturated rings. The molecule has 1 aliphatic rings. The van der Waals surface area contributed by atoms with E-state index in [4.69, 9.17) is 9.47 Å². The number of hydrogen-bond donors (Lipinski definition) is 1. The number of anilines is 1. The van der Waals surface area contributed by atoms with Gasteiger partial charge in [-0.2, -0.15) is 0 Å². The van der Waals surface area contributed by atoms with E-state index in [9.17, 15) is 14.0 Å². The first-order valence-electron chi connectivity index (χ1n) is 10.1. The highest BCUT2D eigenvalue weighted by molar-refractivity contribution is 8.00. The van der Waals surface area contributed by atoms with Crippen molar-refractivity contribution in [1.29, 1.82) is 0 Å². The second kappa shape index (κ2) is 9.88. The Labute approximate surface area is 198 Å². The molecule has 1 aromatic heterocycles. The lowest BCUT2D eigenvalue weighted by atomic mass is 10.2. The number of fused-ring (bicyclic) bond motifs is 1. The molecule has 7 nitrogen and oxygen atoms in total. The number of nitrogens with one attached hydrogen (secondary N) is 1. The maximum absolute atomic E-state index is 13.5. The zero-order valence-electron chi connectivity index (χ0n) is 18.3. The number of amides is 1. The van der Waals surface area contributed by atoms with Crippen LogP contribution < -0.4 is 20.3 Å². The van der Waals surface area contributed by atoms with Crippen molar-refractivity contribution in [2.45, 2.75) is 28.6 Å². The van der Waals surface area contributed by atoms with Crippen LogP contribution in [0.1, 0.15) is 12.6 Å². The summed E-state index contributed by atoms with van der Waals surface area (Å²) in [6, 6.07) is 10.7. The number of carbonyl (C=O) groups excluding carboxylic acids is 1. The van der Waals surface area contributed by atoms with Crippen molar-refractivity contribution >= 4 is 35.1 Å². The van der Waals surface area contributed by atoms with Crippen LogP contribution in [0.25, 0.3) is 5.69 Å². The summed E-state index contributed by atoms with van der Waals surface area (Å²) in [4.78, 5) is 31.2. The minimum Gasteiger partial charge on any atom is -0.497 e. The molecule has 2 aromatic carbocycles. The molecular formula is C23H22FN3O4S2. The van der Waals surface area contributed by atoms with E-state index in [0.717, 1.165) is 17.5 Å². The van der Waals surface area contributed by atoms with Crippen LogP contribution in [0.15, 0.2) is 57.3 Å². The number of ether oxygens (including phenoxy) is 2. The number of benzene rings is 2. The van der Waals surface area contributed by atoms with E-state index >= 15 is 0 Å². The summed E-state index contributed by atoms with van der Waals surface area (Å²) in [7, 11) is 3.06. The van der Waals surface area contributed by atoms with E-state index in [-0.39, 0.29) is 22.5 Å². The summed E-state index contributed by atoms with van der Waals surface area (Å²) >= 11 is 2.64. The summed E-state index contributed by atoms with van der Waals surface area (Å²) in [6.45, 7) is 2.04. The van der Waals surface area contributed by atoms with Crippen LogP contribution in [0.5, 0.6) is 11.5 Å². The van der Waals surface area contributed by atoms with Crippen LogP contribution >= 0.6 is 23.5 Å².